The predicted molar refractivity (Wildman–Crippen MR) is 125 cm³/mol. The zero-order valence-electron chi connectivity index (χ0n) is 18.5. The number of aryl methyl sites for hydroxylation is 3. The summed E-state index contributed by atoms with van der Waals surface area (Å²) in [6, 6.07) is 18.8. The summed E-state index contributed by atoms with van der Waals surface area (Å²) in [6.45, 7) is 6.68. The van der Waals surface area contributed by atoms with Crippen LogP contribution in [0.1, 0.15) is 49.4 Å². The molecule has 0 N–H and O–H groups in total. The van der Waals surface area contributed by atoms with Crippen molar-refractivity contribution in [1.82, 2.24) is 0 Å². The van der Waals surface area contributed by atoms with Crippen LogP contribution in [0.25, 0.3) is 22.3 Å². The van der Waals surface area contributed by atoms with E-state index in [-0.39, 0.29) is 11.4 Å². The molecule has 0 amide bonds. The highest BCUT2D eigenvalue weighted by molar-refractivity contribution is 5.96. The van der Waals surface area contributed by atoms with E-state index in [2.05, 4.69) is 48.3 Å². The maximum atomic E-state index is 14.9. The monoisotopic (exact) mass is 413 g/mol. The second-order valence-electron chi connectivity index (χ2n) is 9.33. The van der Waals surface area contributed by atoms with E-state index in [4.69, 9.17) is 4.74 Å². The second-order valence-corrected chi connectivity index (χ2v) is 9.33. The molecular formula is C28H28FNO. The molecular weight excluding hydrogens is 385 g/mol. The first-order valence-corrected chi connectivity index (χ1v) is 11.2. The van der Waals surface area contributed by atoms with E-state index in [0.29, 0.717) is 18.1 Å². The quantitative estimate of drug-likeness (QED) is 0.463. The fourth-order valence-corrected chi connectivity index (χ4v) is 4.66. The van der Waals surface area contributed by atoms with Gasteiger partial charge in [-0.05, 0) is 84.2 Å². The molecule has 2 aliphatic rings. The minimum absolute atomic E-state index is 0.291. The van der Waals surface area contributed by atoms with Crippen LogP contribution in [0.4, 0.5) is 4.39 Å². The van der Waals surface area contributed by atoms with Crippen molar-refractivity contribution in [3.05, 3.63) is 82.7 Å². The Morgan fingerprint density at radius 1 is 0.871 bits per heavy atom. The third-order valence-corrected chi connectivity index (χ3v) is 6.27. The number of hydrogen-bond donors (Lipinski definition) is 0. The molecule has 3 aromatic carbocycles. The third-order valence-electron chi connectivity index (χ3n) is 6.27. The average Bonchev–Trinajstić information content (AvgIpc) is 3.12. The summed E-state index contributed by atoms with van der Waals surface area (Å²) >= 11 is 0. The van der Waals surface area contributed by atoms with Gasteiger partial charge in [-0.3, -0.25) is 0 Å². The first-order chi connectivity index (χ1) is 14.9. The lowest BCUT2D eigenvalue weighted by Gasteiger charge is -2.21. The molecule has 1 aliphatic heterocycles. The van der Waals surface area contributed by atoms with Crippen LogP contribution in [0, 0.1) is 5.82 Å². The Kier molecular flexibility index (Phi) is 4.92. The number of halogens is 1. The van der Waals surface area contributed by atoms with E-state index in [1.54, 1.807) is 12.1 Å². The summed E-state index contributed by atoms with van der Waals surface area (Å²) in [6.07, 6.45) is 4.39. The van der Waals surface area contributed by atoms with Crippen LogP contribution in [0.2, 0.25) is 0 Å². The first-order valence-electron chi connectivity index (χ1n) is 11.2. The molecule has 1 aliphatic carbocycles. The SMILES string of the molecule is CCCc1ccc2c(c1)CCc1cc(-c3ccc(C4=NC(C)(C)CO4)c(F)c3)ccc1-2. The lowest BCUT2D eigenvalue weighted by molar-refractivity contribution is 0.279. The van der Waals surface area contributed by atoms with Crippen molar-refractivity contribution in [3.8, 4) is 22.3 Å². The van der Waals surface area contributed by atoms with Crippen LogP contribution in [-0.4, -0.2) is 18.0 Å². The Bertz CT molecular complexity index is 1190. The van der Waals surface area contributed by atoms with E-state index in [1.165, 1.54) is 34.2 Å². The third kappa shape index (κ3) is 3.78. The maximum absolute atomic E-state index is 14.9. The zero-order valence-corrected chi connectivity index (χ0v) is 18.5. The molecule has 0 saturated carbocycles. The van der Waals surface area contributed by atoms with Gasteiger partial charge in [-0.2, -0.15) is 0 Å². The first kappa shape index (κ1) is 20.0. The van der Waals surface area contributed by atoms with Gasteiger partial charge in [0, 0.05) is 0 Å². The topological polar surface area (TPSA) is 21.6 Å². The molecule has 2 nitrogen and oxygen atoms in total. The second kappa shape index (κ2) is 7.64. The van der Waals surface area contributed by atoms with Gasteiger partial charge in [-0.25, -0.2) is 9.38 Å². The molecule has 5 rings (SSSR count). The zero-order chi connectivity index (χ0) is 21.6. The number of nitrogens with zero attached hydrogens (tertiary/aromatic N) is 1. The van der Waals surface area contributed by atoms with E-state index in [9.17, 15) is 4.39 Å². The van der Waals surface area contributed by atoms with Crippen molar-refractivity contribution in [3.63, 3.8) is 0 Å². The van der Waals surface area contributed by atoms with Crippen LogP contribution >= 0.6 is 0 Å². The van der Waals surface area contributed by atoms with Crippen LogP contribution < -0.4 is 0 Å². The van der Waals surface area contributed by atoms with Crippen molar-refractivity contribution < 1.29 is 9.13 Å². The minimum atomic E-state index is -0.299. The number of benzene rings is 3. The van der Waals surface area contributed by atoms with Gasteiger partial charge in [0.05, 0.1) is 11.1 Å². The van der Waals surface area contributed by atoms with Gasteiger partial charge < -0.3 is 4.74 Å². The molecule has 0 fully saturated rings. The smallest absolute Gasteiger partial charge is 0.219 e. The fourth-order valence-electron chi connectivity index (χ4n) is 4.66. The van der Waals surface area contributed by atoms with Crippen LogP contribution in [-0.2, 0) is 24.0 Å². The summed E-state index contributed by atoms with van der Waals surface area (Å²) in [7, 11) is 0. The van der Waals surface area contributed by atoms with Gasteiger partial charge in [-0.15, -0.1) is 0 Å². The standard InChI is InChI=1S/C28H28FNO/c1-4-5-18-6-11-23-21(14-18)7-8-22-15-19(9-12-24(22)23)20-10-13-25(26(29)16-20)27-30-28(2,3)17-31-27/h6,9-16H,4-5,7-8,17H2,1-3H3. The lowest BCUT2D eigenvalue weighted by atomic mass is 9.83. The summed E-state index contributed by atoms with van der Waals surface area (Å²) in [5.41, 5.74) is 8.92. The molecule has 0 spiro atoms. The van der Waals surface area contributed by atoms with Gasteiger partial charge >= 0.3 is 0 Å². The number of fused-ring (bicyclic) bond motifs is 3. The van der Waals surface area contributed by atoms with Gasteiger partial charge in [0.25, 0.3) is 0 Å². The van der Waals surface area contributed by atoms with Gasteiger partial charge in [0.1, 0.15) is 12.4 Å². The molecule has 0 saturated heterocycles. The summed E-state index contributed by atoms with van der Waals surface area (Å²) in [5.74, 6) is 0.110. The molecule has 3 aromatic rings. The maximum Gasteiger partial charge on any atom is 0.219 e. The van der Waals surface area contributed by atoms with Gasteiger partial charge in [0.15, 0.2) is 0 Å². The molecule has 0 bridgehead atoms. The van der Waals surface area contributed by atoms with E-state index >= 15 is 0 Å². The van der Waals surface area contributed by atoms with Gasteiger partial charge in [0.2, 0.25) is 5.90 Å². The molecule has 158 valence electrons. The van der Waals surface area contributed by atoms with Gasteiger partial charge in [-0.1, -0.05) is 55.8 Å². The Morgan fingerprint density at radius 2 is 1.52 bits per heavy atom. The average molecular weight is 414 g/mol. The molecule has 3 heteroatoms. The fraction of sp³-hybridized carbons (Fsp3) is 0.321. The van der Waals surface area contributed by atoms with Crippen molar-refractivity contribution in [1.29, 1.82) is 0 Å². The Morgan fingerprint density at radius 3 is 2.16 bits per heavy atom. The normalized spacial score (nSPS) is 16.3. The van der Waals surface area contributed by atoms with Crippen LogP contribution in [0.5, 0.6) is 0 Å². The highest BCUT2D eigenvalue weighted by Gasteiger charge is 2.28. The number of ether oxygens (including phenoxy) is 1. The lowest BCUT2D eigenvalue weighted by Crippen LogP contribution is -2.17. The largest absolute Gasteiger partial charge is 0.475 e. The number of rotatable bonds is 4. The van der Waals surface area contributed by atoms with Crippen molar-refractivity contribution in [2.24, 2.45) is 4.99 Å². The highest BCUT2D eigenvalue weighted by atomic mass is 19.1. The predicted octanol–water partition coefficient (Wildman–Crippen LogP) is 6.77. The van der Waals surface area contributed by atoms with Crippen LogP contribution in [0.15, 0.2) is 59.6 Å². The number of hydrogen-bond acceptors (Lipinski definition) is 2. The molecule has 0 radical (unpaired) electrons. The van der Waals surface area contributed by atoms with E-state index in [1.807, 2.05) is 19.9 Å². The van der Waals surface area contributed by atoms with Crippen LogP contribution in [0.3, 0.4) is 0 Å². The molecule has 1 heterocycles. The van der Waals surface area contributed by atoms with E-state index < -0.39 is 0 Å². The van der Waals surface area contributed by atoms with Crippen molar-refractivity contribution >= 4 is 5.90 Å². The Labute approximate surface area is 183 Å². The van der Waals surface area contributed by atoms with E-state index in [0.717, 1.165) is 30.4 Å². The Hall–Kier alpha value is -2.94. The molecule has 0 atom stereocenters. The summed E-state index contributed by atoms with van der Waals surface area (Å²) in [4.78, 5) is 4.51. The molecule has 0 unspecified atom stereocenters. The molecule has 0 aromatic heterocycles. The minimum Gasteiger partial charge on any atom is -0.475 e. The number of aliphatic imine (C=N–C) groups is 1. The highest BCUT2D eigenvalue weighted by Crippen LogP contribution is 2.37. The van der Waals surface area contributed by atoms with Crippen molar-refractivity contribution in [2.75, 3.05) is 6.61 Å². The van der Waals surface area contributed by atoms with Crippen molar-refractivity contribution in [2.45, 2.75) is 52.0 Å². The molecule has 31 heavy (non-hydrogen) atoms. The Balaban J connectivity index is 1.46. The summed E-state index contributed by atoms with van der Waals surface area (Å²) in [5, 5.41) is 0. The summed E-state index contributed by atoms with van der Waals surface area (Å²) < 4.78 is 20.5.